The van der Waals surface area contributed by atoms with Crippen LogP contribution in [-0.4, -0.2) is 22.7 Å². The van der Waals surface area contributed by atoms with E-state index in [1.807, 2.05) is 18.7 Å². The minimum Gasteiger partial charge on any atom is -0.298 e. The molecule has 5 heteroatoms. The van der Waals surface area contributed by atoms with Crippen molar-refractivity contribution in [1.82, 2.24) is 5.43 Å². The van der Waals surface area contributed by atoms with E-state index in [0.29, 0.717) is 0 Å². The molecule has 1 aliphatic heterocycles. The van der Waals surface area contributed by atoms with E-state index in [-0.39, 0.29) is 12.6 Å². The molecule has 1 aliphatic rings. The zero-order valence-electron chi connectivity index (χ0n) is 9.17. The molecule has 0 saturated heterocycles. The van der Waals surface area contributed by atoms with Crippen LogP contribution in [0.25, 0.3) is 0 Å². The lowest BCUT2D eigenvalue weighted by Crippen LogP contribution is -1.96. The molecule has 1 N–H and O–H groups in total. The predicted octanol–water partition coefficient (Wildman–Crippen LogP) is 3.45. The molecule has 1 heterocycles. The maximum atomic E-state index is 12.1. The summed E-state index contributed by atoms with van der Waals surface area (Å²) in [5.74, 6) is 2.30. The Bertz CT molecular complexity index is 200. The van der Waals surface area contributed by atoms with E-state index in [0.717, 1.165) is 28.8 Å². The first-order chi connectivity index (χ1) is 7.33. The third-order valence-corrected chi connectivity index (χ3v) is 4.41. The van der Waals surface area contributed by atoms with Gasteiger partial charge in [-0.25, -0.2) is 0 Å². The summed E-state index contributed by atoms with van der Waals surface area (Å²) in [4.78, 5) is 0. The van der Waals surface area contributed by atoms with Crippen molar-refractivity contribution in [2.75, 3.05) is 18.3 Å². The van der Waals surface area contributed by atoms with E-state index in [1.54, 1.807) is 11.8 Å². The number of halogens is 1. The normalized spacial score (nSPS) is 17.3. The van der Waals surface area contributed by atoms with E-state index in [4.69, 9.17) is 0 Å². The molecule has 0 amide bonds. The van der Waals surface area contributed by atoms with Crippen molar-refractivity contribution in [2.45, 2.75) is 32.6 Å². The minimum absolute atomic E-state index is 0.173. The molecular weight excluding hydrogens is 231 g/mol. The van der Waals surface area contributed by atoms with Crippen LogP contribution in [0.5, 0.6) is 0 Å². The molecule has 2 nitrogen and oxygen atoms in total. The lowest BCUT2D eigenvalue weighted by Gasteiger charge is -2.05. The summed E-state index contributed by atoms with van der Waals surface area (Å²) in [6, 6.07) is 0. The Hall–Kier alpha value is 0.1000. The zero-order chi connectivity index (χ0) is 10.9. The molecule has 0 spiro atoms. The van der Waals surface area contributed by atoms with E-state index in [2.05, 4.69) is 10.5 Å². The van der Waals surface area contributed by atoms with Gasteiger partial charge in [-0.3, -0.25) is 9.82 Å². The number of thioether (sulfide) groups is 2. The molecule has 15 heavy (non-hydrogen) atoms. The molecule has 0 aromatic rings. The van der Waals surface area contributed by atoms with Gasteiger partial charge in [0.1, 0.15) is 0 Å². The highest BCUT2D eigenvalue weighted by atomic mass is 32.2. The van der Waals surface area contributed by atoms with E-state index >= 15 is 0 Å². The fourth-order valence-corrected chi connectivity index (χ4v) is 3.10. The molecule has 0 saturated carbocycles. The monoisotopic (exact) mass is 250 g/mol. The molecule has 1 rings (SSSR count). The first-order valence-corrected chi connectivity index (χ1v) is 7.42. The van der Waals surface area contributed by atoms with E-state index in [9.17, 15) is 4.39 Å². The van der Waals surface area contributed by atoms with E-state index < -0.39 is 0 Å². The Balaban J connectivity index is 1.84. The van der Waals surface area contributed by atoms with Crippen molar-refractivity contribution >= 4 is 27.9 Å². The van der Waals surface area contributed by atoms with Gasteiger partial charge in [0, 0.05) is 5.75 Å². The van der Waals surface area contributed by atoms with Crippen molar-refractivity contribution in [3.8, 4) is 0 Å². The van der Waals surface area contributed by atoms with Gasteiger partial charge in [-0.05, 0) is 18.8 Å². The first-order valence-electron chi connectivity index (χ1n) is 5.45. The summed E-state index contributed by atoms with van der Waals surface area (Å²) in [7, 11) is 0. The summed E-state index contributed by atoms with van der Waals surface area (Å²) in [5.41, 5.74) is 2.94. The molecule has 0 bridgehead atoms. The third-order valence-electron chi connectivity index (χ3n) is 2.26. The number of nitrogens with zero attached hydrogens (tertiary/aromatic N) is 1. The lowest BCUT2D eigenvalue weighted by molar-refractivity contribution is 0.357. The third kappa shape index (κ3) is 6.30. The molecule has 0 fully saturated rings. The van der Waals surface area contributed by atoms with Crippen LogP contribution in [0.4, 0.5) is 4.39 Å². The Labute approximate surface area is 99.8 Å². The van der Waals surface area contributed by atoms with Gasteiger partial charge in [0.2, 0.25) is 0 Å². The van der Waals surface area contributed by atoms with Gasteiger partial charge in [0.15, 0.2) is 4.38 Å². The highest BCUT2D eigenvalue weighted by Crippen LogP contribution is 2.21. The second-order valence-corrected chi connectivity index (χ2v) is 6.09. The second-order valence-electron chi connectivity index (χ2n) is 3.78. The van der Waals surface area contributed by atoms with Gasteiger partial charge in [-0.15, -0.1) is 0 Å². The Morgan fingerprint density at radius 2 is 2.40 bits per heavy atom. The van der Waals surface area contributed by atoms with Crippen molar-refractivity contribution in [1.29, 1.82) is 0 Å². The molecular formula is C10H19FN2S2. The Morgan fingerprint density at radius 1 is 1.53 bits per heavy atom. The van der Waals surface area contributed by atoms with Crippen LogP contribution in [0.15, 0.2) is 5.10 Å². The predicted molar refractivity (Wildman–Crippen MR) is 69.1 cm³/mol. The van der Waals surface area contributed by atoms with Crippen LogP contribution in [-0.2, 0) is 0 Å². The Morgan fingerprint density at radius 3 is 3.07 bits per heavy atom. The maximum Gasteiger partial charge on any atom is 0.151 e. The number of alkyl halides is 1. The number of hydrogen-bond donors (Lipinski definition) is 1. The standard InChI is InChI=1S/C10H19FN2S2/c1-9(7-11)5-3-2-4-6-14-10-13-12-8-15-10/h9,12H,2-8H2,1H3. The largest absolute Gasteiger partial charge is 0.298 e. The molecule has 88 valence electrons. The van der Waals surface area contributed by atoms with E-state index in [1.165, 1.54) is 12.8 Å². The molecule has 1 atom stereocenters. The average molecular weight is 250 g/mol. The molecule has 0 aromatic carbocycles. The number of hydrazone groups is 1. The van der Waals surface area contributed by atoms with Gasteiger partial charge in [-0.2, -0.15) is 5.10 Å². The molecule has 0 radical (unpaired) electrons. The zero-order valence-corrected chi connectivity index (χ0v) is 10.8. The van der Waals surface area contributed by atoms with Crippen LogP contribution < -0.4 is 5.43 Å². The summed E-state index contributed by atoms with van der Waals surface area (Å²) in [6.45, 7) is 1.80. The SMILES string of the molecule is CC(CF)CCCCCSC1=NNCS1. The maximum absolute atomic E-state index is 12.1. The van der Waals surface area contributed by atoms with Crippen molar-refractivity contribution < 1.29 is 4.39 Å². The van der Waals surface area contributed by atoms with Crippen molar-refractivity contribution in [3.63, 3.8) is 0 Å². The van der Waals surface area contributed by atoms with Crippen LogP contribution in [0.1, 0.15) is 32.6 Å². The van der Waals surface area contributed by atoms with Gasteiger partial charge in [-0.1, -0.05) is 43.3 Å². The lowest BCUT2D eigenvalue weighted by atomic mass is 10.1. The van der Waals surface area contributed by atoms with Gasteiger partial charge >= 0.3 is 0 Å². The summed E-state index contributed by atoms with van der Waals surface area (Å²) >= 11 is 3.59. The number of unbranched alkanes of at least 4 members (excludes halogenated alkanes) is 2. The molecule has 1 unspecified atom stereocenters. The fraction of sp³-hybridized carbons (Fsp3) is 0.900. The summed E-state index contributed by atoms with van der Waals surface area (Å²) in [6.07, 6.45) is 4.61. The number of nitrogens with one attached hydrogen (secondary N) is 1. The fourth-order valence-electron chi connectivity index (χ4n) is 1.31. The van der Waals surface area contributed by atoms with Crippen LogP contribution >= 0.6 is 23.5 Å². The number of rotatable bonds is 7. The number of hydrogen-bond acceptors (Lipinski definition) is 4. The van der Waals surface area contributed by atoms with Crippen LogP contribution in [0.2, 0.25) is 0 Å². The average Bonchev–Trinajstić information content (AvgIpc) is 2.75. The van der Waals surface area contributed by atoms with Crippen LogP contribution in [0.3, 0.4) is 0 Å². The van der Waals surface area contributed by atoms with Crippen molar-refractivity contribution in [3.05, 3.63) is 0 Å². The highest BCUT2D eigenvalue weighted by molar-refractivity contribution is 8.39. The second kappa shape index (κ2) is 8.28. The topological polar surface area (TPSA) is 24.4 Å². The van der Waals surface area contributed by atoms with Gasteiger partial charge in [0.05, 0.1) is 12.6 Å². The summed E-state index contributed by atoms with van der Waals surface area (Å²) < 4.78 is 13.3. The quantitative estimate of drug-likeness (QED) is 0.700. The van der Waals surface area contributed by atoms with Gasteiger partial charge < -0.3 is 0 Å². The van der Waals surface area contributed by atoms with Gasteiger partial charge in [0.25, 0.3) is 0 Å². The molecule has 0 aliphatic carbocycles. The smallest absolute Gasteiger partial charge is 0.151 e. The molecule has 0 aromatic heterocycles. The minimum atomic E-state index is -0.173. The first kappa shape index (κ1) is 13.2. The Kier molecular flexibility index (Phi) is 7.26. The summed E-state index contributed by atoms with van der Waals surface area (Å²) in [5, 5.41) is 4.14. The highest BCUT2D eigenvalue weighted by Gasteiger charge is 2.06. The van der Waals surface area contributed by atoms with Crippen LogP contribution in [0, 0.1) is 5.92 Å². The van der Waals surface area contributed by atoms with Crippen molar-refractivity contribution in [2.24, 2.45) is 11.0 Å².